The van der Waals surface area contributed by atoms with Crippen LogP contribution in [0.25, 0.3) is 0 Å². The van der Waals surface area contributed by atoms with Crippen molar-refractivity contribution in [3.8, 4) is 0 Å². The lowest BCUT2D eigenvalue weighted by Gasteiger charge is -2.64. The van der Waals surface area contributed by atoms with Gasteiger partial charge in [0.15, 0.2) is 0 Å². The van der Waals surface area contributed by atoms with E-state index in [2.05, 4.69) is 24.4 Å². The van der Waals surface area contributed by atoms with Crippen LogP contribution in [0.2, 0.25) is 0 Å². The first-order valence-electron chi connectivity index (χ1n) is 9.52. The van der Waals surface area contributed by atoms with Crippen molar-refractivity contribution in [2.24, 2.45) is 27.3 Å². The molecule has 27 heavy (non-hydrogen) atoms. The van der Waals surface area contributed by atoms with Crippen LogP contribution in [-0.4, -0.2) is 12.1 Å². The van der Waals surface area contributed by atoms with Crippen molar-refractivity contribution < 1.29 is 18.0 Å². The van der Waals surface area contributed by atoms with Crippen LogP contribution in [0.1, 0.15) is 63.5 Å². The first kappa shape index (κ1) is 18.5. The Balaban J connectivity index is 1.48. The topological polar surface area (TPSA) is 41.5 Å². The van der Waals surface area contributed by atoms with E-state index in [1.807, 2.05) is 0 Å². The number of nitrogens with one attached hydrogen (secondary N) is 1. The molecule has 4 fully saturated rings. The fourth-order valence-electron chi connectivity index (χ4n) is 6.78. The van der Waals surface area contributed by atoms with Gasteiger partial charge in [0.25, 0.3) is 0 Å². The van der Waals surface area contributed by atoms with Crippen molar-refractivity contribution >= 4 is 12.1 Å². The highest BCUT2D eigenvalue weighted by atomic mass is 19.4. The molecule has 2 unspecified atom stereocenters. The average molecular weight is 378 g/mol. The predicted octanol–water partition coefficient (Wildman–Crippen LogP) is 5.15. The Kier molecular flexibility index (Phi) is 3.99. The van der Waals surface area contributed by atoms with E-state index in [4.69, 9.17) is 0 Å². The van der Waals surface area contributed by atoms with Crippen LogP contribution in [0, 0.1) is 22.2 Å². The van der Waals surface area contributed by atoms with Crippen LogP contribution < -0.4 is 5.43 Å². The highest BCUT2D eigenvalue weighted by Crippen LogP contribution is 2.69. The van der Waals surface area contributed by atoms with Gasteiger partial charge in [-0.05, 0) is 73.0 Å². The summed E-state index contributed by atoms with van der Waals surface area (Å²) in [5.41, 5.74) is 2.28. The molecule has 0 aromatic heterocycles. The predicted molar refractivity (Wildman–Crippen MR) is 97.0 cm³/mol. The Morgan fingerprint density at radius 2 is 1.81 bits per heavy atom. The minimum Gasteiger partial charge on any atom is -0.273 e. The van der Waals surface area contributed by atoms with Crippen LogP contribution in [0.5, 0.6) is 0 Å². The first-order chi connectivity index (χ1) is 12.5. The van der Waals surface area contributed by atoms with Gasteiger partial charge < -0.3 is 0 Å². The number of rotatable bonds is 3. The number of hydrogen-bond donors (Lipinski definition) is 1. The molecule has 0 spiro atoms. The van der Waals surface area contributed by atoms with E-state index in [0.29, 0.717) is 11.5 Å². The maximum absolute atomic E-state index is 13.0. The largest absolute Gasteiger partial charge is 0.416 e. The summed E-state index contributed by atoms with van der Waals surface area (Å²) in [5.74, 6) is 0.515. The summed E-state index contributed by atoms with van der Waals surface area (Å²) in [7, 11) is 0. The summed E-state index contributed by atoms with van der Waals surface area (Å²) in [4.78, 5) is 13.0. The molecule has 1 aromatic rings. The standard InChI is InChI=1S/C21H25F3N2O/c1-18-7-15-8-19(2,11-18)13-20(9-15,12-18)17(27)26-25-10-14-4-3-5-16(6-14)21(22,23)24/h3-6,10,15H,7-9,11-13H2,1-2H3,(H,26,27)/b25-10+. The van der Waals surface area contributed by atoms with Gasteiger partial charge >= 0.3 is 6.18 Å². The molecule has 6 heteroatoms. The fourth-order valence-corrected chi connectivity index (χ4v) is 6.78. The number of alkyl halides is 3. The molecule has 0 radical (unpaired) electrons. The van der Waals surface area contributed by atoms with Gasteiger partial charge in [0.05, 0.1) is 17.2 Å². The maximum atomic E-state index is 13.0. The van der Waals surface area contributed by atoms with Crippen LogP contribution in [0.15, 0.2) is 29.4 Å². The third kappa shape index (κ3) is 3.39. The van der Waals surface area contributed by atoms with Gasteiger partial charge in [-0.3, -0.25) is 4.79 Å². The van der Waals surface area contributed by atoms with Crippen molar-refractivity contribution in [1.29, 1.82) is 0 Å². The number of hydrogen-bond acceptors (Lipinski definition) is 2. The SMILES string of the molecule is CC12CC3CC(C)(C1)CC(C(=O)N/N=C/c1cccc(C(F)(F)F)c1)(C3)C2. The van der Waals surface area contributed by atoms with Crippen molar-refractivity contribution in [2.45, 2.75) is 58.5 Å². The van der Waals surface area contributed by atoms with E-state index in [1.165, 1.54) is 37.6 Å². The lowest BCUT2D eigenvalue weighted by Crippen LogP contribution is -2.59. The van der Waals surface area contributed by atoms with E-state index >= 15 is 0 Å². The summed E-state index contributed by atoms with van der Waals surface area (Å²) in [6, 6.07) is 4.93. The molecule has 4 bridgehead atoms. The van der Waals surface area contributed by atoms with Crippen LogP contribution >= 0.6 is 0 Å². The lowest BCUT2D eigenvalue weighted by atomic mass is 9.40. The number of carbonyl (C=O) groups is 1. The first-order valence-corrected chi connectivity index (χ1v) is 9.52. The summed E-state index contributed by atoms with van der Waals surface area (Å²) >= 11 is 0. The van der Waals surface area contributed by atoms with E-state index in [9.17, 15) is 18.0 Å². The second kappa shape index (κ2) is 5.82. The molecule has 1 aromatic carbocycles. The number of benzene rings is 1. The molecule has 5 rings (SSSR count). The molecular weight excluding hydrogens is 353 g/mol. The van der Waals surface area contributed by atoms with Crippen LogP contribution in [0.3, 0.4) is 0 Å². The van der Waals surface area contributed by atoms with E-state index < -0.39 is 11.7 Å². The van der Waals surface area contributed by atoms with Crippen molar-refractivity contribution in [1.82, 2.24) is 5.43 Å². The smallest absolute Gasteiger partial charge is 0.273 e. The Labute approximate surface area is 157 Å². The summed E-state index contributed by atoms with van der Waals surface area (Å²) in [6.45, 7) is 4.59. The minimum atomic E-state index is -4.39. The van der Waals surface area contributed by atoms with Gasteiger partial charge in [-0.25, -0.2) is 5.43 Å². The highest BCUT2D eigenvalue weighted by Gasteiger charge is 2.62. The summed E-state index contributed by atoms with van der Waals surface area (Å²) < 4.78 is 38.4. The average Bonchev–Trinajstić information content (AvgIpc) is 2.51. The Morgan fingerprint density at radius 1 is 1.15 bits per heavy atom. The molecule has 2 atom stereocenters. The van der Waals surface area contributed by atoms with Gasteiger partial charge in [-0.2, -0.15) is 18.3 Å². The van der Waals surface area contributed by atoms with E-state index in [-0.39, 0.29) is 22.2 Å². The van der Waals surface area contributed by atoms with Crippen molar-refractivity contribution in [3.05, 3.63) is 35.4 Å². The summed E-state index contributed by atoms with van der Waals surface area (Å²) in [5, 5.41) is 3.98. The molecule has 1 N–H and O–H groups in total. The van der Waals surface area contributed by atoms with Gasteiger partial charge in [0.1, 0.15) is 0 Å². The molecule has 0 saturated heterocycles. The second-order valence-corrected chi connectivity index (χ2v) is 9.73. The van der Waals surface area contributed by atoms with E-state index in [1.54, 1.807) is 0 Å². The highest BCUT2D eigenvalue weighted by molar-refractivity contribution is 5.86. The van der Waals surface area contributed by atoms with Crippen molar-refractivity contribution in [2.75, 3.05) is 0 Å². The maximum Gasteiger partial charge on any atom is 0.416 e. The van der Waals surface area contributed by atoms with Crippen molar-refractivity contribution in [3.63, 3.8) is 0 Å². The molecule has 146 valence electrons. The molecule has 0 aliphatic heterocycles. The third-order valence-electron chi connectivity index (χ3n) is 6.70. The molecule has 4 aliphatic rings. The van der Waals surface area contributed by atoms with Gasteiger partial charge in [-0.15, -0.1) is 0 Å². The van der Waals surface area contributed by atoms with Gasteiger partial charge in [0.2, 0.25) is 5.91 Å². The van der Waals surface area contributed by atoms with Crippen LogP contribution in [-0.2, 0) is 11.0 Å². The minimum absolute atomic E-state index is 0.0766. The molecule has 3 nitrogen and oxygen atoms in total. The molecule has 0 heterocycles. The second-order valence-electron chi connectivity index (χ2n) is 9.73. The van der Waals surface area contributed by atoms with Gasteiger partial charge in [0, 0.05) is 0 Å². The quantitative estimate of drug-likeness (QED) is 0.573. The number of carbonyl (C=O) groups excluding carboxylic acids is 1. The number of amides is 1. The fraction of sp³-hybridized carbons (Fsp3) is 0.619. The molecule has 4 aliphatic carbocycles. The Hall–Kier alpha value is -1.85. The summed E-state index contributed by atoms with van der Waals surface area (Å²) in [6.07, 6.45) is 3.15. The normalized spacial score (nSPS) is 37.7. The monoisotopic (exact) mass is 378 g/mol. The Bertz CT molecular complexity index is 783. The van der Waals surface area contributed by atoms with Gasteiger partial charge in [-0.1, -0.05) is 26.0 Å². The molecule has 1 amide bonds. The zero-order valence-corrected chi connectivity index (χ0v) is 15.7. The van der Waals surface area contributed by atoms with E-state index in [0.717, 1.165) is 31.4 Å². The number of hydrazone groups is 1. The number of halogens is 3. The zero-order valence-electron chi connectivity index (χ0n) is 15.7. The third-order valence-corrected chi connectivity index (χ3v) is 6.70. The molecule has 4 saturated carbocycles. The number of nitrogens with zero attached hydrogens (tertiary/aromatic N) is 1. The zero-order chi connectivity index (χ0) is 19.5. The Morgan fingerprint density at radius 3 is 2.41 bits per heavy atom. The lowest BCUT2D eigenvalue weighted by molar-refractivity contribution is -0.170. The van der Waals surface area contributed by atoms with Crippen LogP contribution in [0.4, 0.5) is 13.2 Å². The molecular formula is C21H25F3N2O.